The molecule has 0 radical (unpaired) electrons. The van der Waals surface area contributed by atoms with Gasteiger partial charge in [0.05, 0.1) is 12.1 Å². The molecule has 0 saturated carbocycles. The van der Waals surface area contributed by atoms with Crippen molar-refractivity contribution in [1.29, 1.82) is 0 Å². The van der Waals surface area contributed by atoms with Crippen molar-refractivity contribution in [1.82, 2.24) is 10.3 Å². The van der Waals surface area contributed by atoms with Crippen LogP contribution in [0.25, 0.3) is 0 Å². The second-order valence-electron chi connectivity index (χ2n) is 6.59. The number of amides is 1. The summed E-state index contributed by atoms with van der Waals surface area (Å²) in [5.74, 6) is 0.932. The molecule has 25 heavy (non-hydrogen) atoms. The highest BCUT2D eigenvalue weighted by Gasteiger charge is 2.11. The van der Waals surface area contributed by atoms with Gasteiger partial charge in [0.1, 0.15) is 23.2 Å². The van der Waals surface area contributed by atoms with Crippen LogP contribution < -0.4 is 10.1 Å². The number of aromatic nitrogens is 1. The standard InChI is InChI=1S/C19H25FN2O2S/c1-13(2)4-5-14(3)21-18(23)10-16-12-25-19(22-16)11-24-17-8-6-15(20)7-9-17/h6-9,12-14H,4-5,10-11H2,1-3H3,(H,21,23)/t14-/m0/s1. The zero-order valence-corrected chi connectivity index (χ0v) is 15.7. The van der Waals surface area contributed by atoms with E-state index in [9.17, 15) is 9.18 Å². The van der Waals surface area contributed by atoms with Crippen LogP contribution in [0.2, 0.25) is 0 Å². The fraction of sp³-hybridized carbons (Fsp3) is 0.474. The molecule has 1 heterocycles. The highest BCUT2D eigenvalue weighted by atomic mass is 32.1. The summed E-state index contributed by atoms with van der Waals surface area (Å²) in [4.78, 5) is 16.5. The molecule has 136 valence electrons. The highest BCUT2D eigenvalue weighted by Crippen LogP contribution is 2.16. The Morgan fingerprint density at radius 2 is 1.96 bits per heavy atom. The first-order valence-corrected chi connectivity index (χ1v) is 9.41. The minimum absolute atomic E-state index is 0.00689. The van der Waals surface area contributed by atoms with E-state index in [1.165, 1.54) is 23.5 Å². The number of carbonyl (C=O) groups is 1. The first-order valence-electron chi connectivity index (χ1n) is 8.53. The Bertz CT molecular complexity index is 670. The van der Waals surface area contributed by atoms with Gasteiger partial charge in [-0.3, -0.25) is 4.79 Å². The average molecular weight is 364 g/mol. The third kappa shape index (κ3) is 7.22. The first kappa shape index (κ1) is 19.4. The van der Waals surface area contributed by atoms with E-state index in [0.717, 1.165) is 23.5 Å². The van der Waals surface area contributed by atoms with Crippen molar-refractivity contribution in [2.24, 2.45) is 5.92 Å². The molecule has 0 aliphatic carbocycles. The monoisotopic (exact) mass is 364 g/mol. The van der Waals surface area contributed by atoms with Crippen LogP contribution in [0.1, 0.15) is 44.3 Å². The van der Waals surface area contributed by atoms with Crippen LogP contribution >= 0.6 is 11.3 Å². The minimum atomic E-state index is -0.294. The van der Waals surface area contributed by atoms with E-state index in [2.05, 4.69) is 24.1 Å². The van der Waals surface area contributed by atoms with Gasteiger partial charge in [0.15, 0.2) is 0 Å². The molecular weight excluding hydrogens is 339 g/mol. The molecule has 0 unspecified atom stereocenters. The van der Waals surface area contributed by atoms with E-state index in [-0.39, 0.29) is 24.2 Å². The maximum Gasteiger partial charge on any atom is 0.226 e. The van der Waals surface area contributed by atoms with Gasteiger partial charge in [-0.25, -0.2) is 9.37 Å². The predicted octanol–water partition coefficient (Wildman–Crippen LogP) is 4.34. The molecule has 1 N–H and O–H groups in total. The molecule has 0 aliphatic heterocycles. The molecular formula is C19H25FN2O2S. The van der Waals surface area contributed by atoms with E-state index >= 15 is 0 Å². The lowest BCUT2D eigenvalue weighted by Gasteiger charge is -2.14. The number of ether oxygens (including phenoxy) is 1. The van der Waals surface area contributed by atoms with Gasteiger partial charge in [-0.05, 0) is 49.9 Å². The Morgan fingerprint density at radius 1 is 1.24 bits per heavy atom. The second kappa shape index (κ2) is 9.51. The lowest BCUT2D eigenvalue weighted by molar-refractivity contribution is -0.121. The summed E-state index contributed by atoms with van der Waals surface area (Å²) in [6.45, 7) is 6.70. The van der Waals surface area contributed by atoms with Crippen molar-refractivity contribution in [2.75, 3.05) is 0 Å². The molecule has 0 fully saturated rings. The van der Waals surface area contributed by atoms with Crippen molar-refractivity contribution in [3.63, 3.8) is 0 Å². The maximum atomic E-state index is 12.8. The van der Waals surface area contributed by atoms with E-state index in [1.807, 2.05) is 12.3 Å². The summed E-state index contributed by atoms with van der Waals surface area (Å²) in [5.41, 5.74) is 0.747. The Labute approximate surface area is 152 Å². The zero-order chi connectivity index (χ0) is 18.2. The summed E-state index contributed by atoms with van der Waals surface area (Å²) in [6.07, 6.45) is 2.36. The van der Waals surface area contributed by atoms with Crippen LogP contribution in [0.15, 0.2) is 29.6 Å². The van der Waals surface area contributed by atoms with Gasteiger partial charge in [0.2, 0.25) is 5.91 Å². The van der Waals surface area contributed by atoms with Gasteiger partial charge in [-0.1, -0.05) is 13.8 Å². The number of hydrogen-bond donors (Lipinski definition) is 1. The molecule has 1 amide bonds. The molecule has 2 rings (SSSR count). The predicted molar refractivity (Wildman–Crippen MR) is 98.2 cm³/mol. The Balaban J connectivity index is 1.76. The smallest absolute Gasteiger partial charge is 0.226 e. The van der Waals surface area contributed by atoms with Crippen molar-refractivity contribution < 1.29 is 13.9 Å². The normalized spacial score (nSPS) is 12.2. The van der Waals surface area contributed by atoms with Gasteiger partial charge < -0.3 is 10.1 Å². The van der Waals surface area contributed by atoms with Gasteiger partial charge >= 0.3 is 0 Å². The van der Waals surface area contributed by atoms with Gasteiger partial charge in [0.25, 0.3) is 0 Å². The van der Waals surface area contributed by atoms with E-state index in [0.29, 0.717) is 18.3 Å². The fourth-order valence-corrected chi connectivity index (χ4v) is 3.02. The molecule has 0 spiro atoms. The van der Waals surface area contributed by atoms with Crippen LogP contribution in [-0.2, 0) is 17.8 Å². The number of thiazole rings is 1. The first-order chi connectivity index (χ1) is 11.9. The fourth-order valence-electron chi connectivity index (χ4n) is 2.32. The summed E-state index contributed by atoms with van der Waals surface area (Å²) in [7, 11) is 0. The number of carbonyl (C=O) groups excluding carboxylic acids is 1. The van der Waals surface area contributed by atoms with Gasteiger partial charge in [-0.15, -0.1) is 11.3 Å². The van der Waals surface area contributed by atoms with E-state index in [4.69, 9.17) is 4.74 Å². The molecule has 1 aromatic carbocycles. The van der Waals surface area contributed by atoms with Crippen LogP contribution in [0, 0.1) is 11.7 Å². The van der Waals surface area contributed by atoms with E-state index < -0.39 is 0 Å². The number of nitrogens with one attached hydrogen (secondary N) is 1. The third-order valence-electron chi connectivity index (χ3n) is 3.70. The Hall–Kier alpha value is -1.95. The molecule has 0 saturated heterocycles. The van der Waals surface area contributed by atoms with Crippen molar-refractivity contribution >= 4 is 17.2 Å². The Morgan fingerprint density at radius 3 is 2.64 bits per heavy atom. The summed E-state index contributed by atoms with van der Waals surface area (Å²) in [6, 6.07) is 6.04. The maximum absolute atomic E-state index is 12.8. The topological polar surface area (TPSA) is 51.2 Å². The van der Waals surface area contributed by atoms with Crippen LogP contribution in [0.5, 0.6) is 5.75 Å². The number of hydrogen-bond acceptors (Lipinski definition) is 4. The number of nitrogens with zero attached hydrogens (tertiary/aromatic N) is 1. The van der Waals surface area contributed by atoms with Crippen molar-refractivity contribution in [2.45, 2.75) is 52.7 Å². The molecule has 0 aliphatic rings. The number of benzene rings is 1. The summed E-state index contributed by atoms with van der Waals surface area (Å²) >= 11 is 1.46. The minimum Gasteiger partial charge on any atom is -0.486 e. The number of rotatable bonds is 9. The summed E-state index contributed by atoms with van der Waals surface area (Å²) in [5, 5.41) is 5.68. The quantitative estimate of drug-likeness (QED) is 0.720. The van der Waals surface area contributed by atoms with Gasteiger partial charge in [-0.2, -0.15) is 0 Å². The molecule has 2 aromatic rings. The molecule has 6 heteroatoms. The molecule has 0 bridgehead atoms. The van der Waals surface area contributed by atoms with Crippen LogP contribution in [0.4, 0.5) is 4.39 Å². The lowest BCUT2D eigenvalue weighted by atomic mass is 10.0. The lowest BCUT2D eigenvalue weighted by Crippen LogP contribution is -2.33. The molecule has 1 aromatic heterocycles. The Kier molecular flexibility index (Phi) is 7.37. The third-order valence-corrected chi connectivity index (χ3v) is 4.57. The van der Waals surface area contributed by atoms with Crippen LogP contribution in [-0.4, -0.2) is 16.9 Å². The van der Waals surface area contributed by atoms with Crippen LogP contribution in [0.3, 0.4) is 0 Å². The van der Waals surface area contributed by atoms with E-state index in [1.54, 1.807) is 12.1 Å². The average Bonchev–Trinajstić information content (AvgIpc) is 2.99. The van der Waals surface area contributed by atoms with Crippen molar-refractivity contribution in [3.8, 4) is 5.75 Å². The van der Waals surface area contributed by atoms with Gasteiger partial charge in [0, 0.05) is 11.4 Å². The second-order valence-corrected chi connectivity index (χ2v) is 7.53. The number of halogens is 1. The summed E-state index contributed by atoms with van der Waals surface area (Å²) < 4.78 is 18.4. The molecule has 4 nitrogen and oxygen atoms in total. The van der Waals surface area contributed by atoms with Crippen molar-refractivity contribution in [3.05, 3.63) is 46.2 Å². The SMILES string of the molecule is CC(C)CC[C@H](C)NC(=O)Cc1csc(COc2ccc(F)cc2)n1. The molecule has 1 atom stereocenters. The highest BCUT2D eigenvalue weighted by molar-refractivity contribution is 7.09. The zero-order valence-electron chi connectivity index (χ0n) is 14.9. The largest absolute Gasteiger partial charge is 0.486 e.